The SMILES string of the molecule is Cc1ccsc1CNC(C)CNC(=O)OC(C)(C)C. The van der Waals surface area contributed by atoms with Crippen molar-refractivity contribution >= 4 is 17.4 Å². The Morgan fingerprint density at radius 1 is 1.47 bits per heavy atom. The number of ether oxygens (including phenoxy) is 1. The van der Waals surface area contributed by atoms with E-state index >= 15 is 0 Å². The normalized spacial score (nSPS) is 13.1. The van der Waals surface area contributed by atoms with E-state index in [1.54, 1.807) is 11.3 Å². The molecular weight excluding hydrogens is 260 g/mol. The molecule has 1 rings (SSSR count). The topological polar surface area (TPSA) is 50.4 Å². The predicted molar refractivity (Wildman–Crippen MR) is 79.6 cm³/mol. The van der Waals surface area contributed by atoms with Gasteiger partial charge in [-0.15, -0.1) is 11.3 Å². The number of rotatable bonds is 5. The molecule has 1 unspecified atom stereocenters. The molecule has 1 amide bonds. The Bertz CT molecular complexity index is 410. The van der Waals surface area contributed by atoms with Gasteiger partial charge in [-0.3, -0.25) is 0 Å². The fourth-order valence-corrected chi connectivity index (χ4v) is 2.33. The first-order chi connectivity index (χ1) is 8.78. The van der Waals surface area contributed by atoms with Crippen molar-refractivity contribution in [2.75, 3.05) is 6.54 Å². The van der Waals surface area contributed by atoms with Crippen LogP contribution in [0.4, 0.5) is 4.79 Å². The van der Waals surface area contributed by atoms with Crippen molar-refractivity contribution in [2.24, 2.45) is 0 Å². The van der Waals surface area contributed by atoms with Gasteiger partial charge >= 0.3 is 6.09 Å². The smallest absolute Gasteiger partial charge is 0.407 e. The van der Waals surface area contributed by atoms with Crippen LogP contribution in [-0.2, 0) is 11.3 Å². The van der Waals surface area contributed by atoms with Crippen LogP contribution >= 0.6 is 11.3 Å². The Morgan fingerprint density at radius 2 is 2.16 bits per heavy atom. The highest BCUT2D eigenvalue weighted by molar-refractivity contribution is 7.10. The number of carbonyl (C=O) groups excluding carboxylic acids is 1. The minimum Gasteiger partial charge on any atom is -0.444 e. The Labute approximate surface area is 119 Å². The fraction of sp³-hybridized carbons (Fsp3) is 0.643. The highest BCUT2D eigenvalue weighted by Crippen LogP contribution is 2.14. The van der Waals surface area contributed by atoms with E-state index in [0.29, 0.717) is 6.54 Å². The number of thiophene rings is 1. The van der Waals surface area contributed by atoms with E-state index in [-0.39, 0.29) is 12.1 Å². The lowest BCUT2D eigenvalue weighted by Gasteiger charge is -2.21. The molecule has 0 aliphatic heterocycles. The van der Waals surface area contributed by atoms with Crippen LogP contribution in [0.3, 0.4) is 0 Å². The summed E-state index contributed by atoms with van der Waals surface area (Å²) in [7, 11) is 0. The molecule has 0 aliphatic carbocycles. The van der Waals surface area contributed by atoms with Gasteiger partial charge in [0.05, 0.1) is 0 Å². The lowest BCUT2D eigenvalue weighted by atomic mass is 10.2. The molecule has 0 fully saturated rings. The van der Waals surface area contributed by atoms with Gasteiger partial charge in [0.1, 0.15) is 5.60 Å². The summed E-state index contributed by atoms with van der Waals surface area (Å²) in [6.07, 6.45) is -0.367. The molecule has 1 aromatic rings. The monoisotopic (exact) mass is 284 g/mol. The highest BCUT2D eigenvalue weighted by atomic mass is 32.1. The lowest BCUT2D eigenvalue weighted by molar-refractivity contribution is 0.0523. The number of nitrogens with one attached hydrogen (secondary N) is 2. The first kappa shape index (κ1) is 16.0. The van der Waals surface area contributed by atoms with Gasteiger partial charge in [0.15, 0.2) is 0 Å². The van der Waals surface area contributed by atoms with Gasteiger partial charge in [0, 0.05) is 24.0 Å². The standard InChI is InChI=1S/C14H24N2O2S/c1-10-6-7-19-12(10)9-15-11(2)8-16-13(17)18-14(3,4)5/h6-7,11,15H,8-9H2,1-5H3,(H,16,17). The summed E-state index contributed by atoms with van der Waals surface area (Å²) in [4.78, 5) is 12.8. The summed E-state index contributed by atoms with van der Waals surface area (Å²) in [5.41, 5.74) is 0.860. The minimum absolute atomic E-state index is 0.203. The Morgan fingerprint density at radius 3 is 2.68 bits per heavy atom. The second-order valence-corrected chi connectivity index (χ2v) is 6.69. The molecule has 1 aromatic heterocycles. The summed E-state index contributed by atoms with van der Waals surface area (Å²) >= 11 is 1.75. The Kier molecular flexibility index (Phi) is 5.82. The van der Waals surface area contributed by atoms with Gasteiger partial charge in [-0.1, -0.05) is 0 Å². The van der Waals surface area contributed by atoms with Crippen LogP contribution in [0.25, 0.3) is 0 Å². The molecule has 0 bridgehead atoms. The summed E-state index contributed by atoms with van der Waals surface area (Å²) in [6.45, 7) is 11.1. The Balaban J connectivity index is 2.23. The molecule has 0 radical (unpaired) electrons. The largest absolute Gasteiger partial charge is 0.444 e. The van der Waals surface area contributed by atoms with E-state index in [1.165, 1.54) is 10.4 Å². The average molecular weight is 284 g/mol. The molecule has 0 aliphatic rings. The average Bonchev–Trinajstić information content (AvgIpc) is 2.67. The second kappa shape index (κ2) is 6.91. The van der Waals surface area contributed by atoms with Crippen LogP contribution in [-0.4, -0.2) is 24.3 Å². The Hall–Kier alpha value is -1.07. The third kappa shape index (κ3) is 6.59. The van der Waals surface area contributed by atoms with Gasteiger partial charge < -0.3 is 15.4 Å². The zero-order valence-corrected chi connectivity index (χ0v) is 13.2. The minimum atomic E-state index is -0.450. The highest BCUT2D eigenvalue weighted by Gasteiger charge is 2.16. The first-order valence-electron chi connectivity index (χ1n) is 6.51. The number of alkyl carbamates (subject to hydrolysis) is 1. The van der Waals surface area contributed by atoms with Crippen molar-refractivity contribution in [3.63, 3.8) is 0 Å². The zero-order valence-electron chi connectivity index (χ0n) is 12.4. The maximum Gasteiger partial charge on any atom is 0.407 e. The van der Waals surface area contributed by atoms with Crippen molar-refractivity contribution in [2.45, 2.75) is 52.8 Å². The molecular formula is C14H24N2O2S. The number of hydrogen-bond donors (Lipinski definition) is 2. The van der Waals surface area contributed by atoms with Crippen molar-refractivity contribution in [1.29, 1.82) is 0 Å². The molecule has 0 saturated heterocycles. The summed E-state index contributed by atoms with van der Waals surface area (Å²) in [5.74, 6) is 0. The molecule has 4 nitrogen and oxygen atoms in total. The third-order valence-corrected chi connectivity index (χ3v) is 3.55. The number of carbonyl (C=O) groups is 1. The zero-order chi connectivity index (χ0) is 14.5. The molecule has 0 spiro atoms. The molecule has 2 N–H and O–H groups in total. The van der Waals surface area contributed by atoms with E-state index in [2.05, 4.69) is 29.0 Å². The molecule has 0 aromatic carbocycles. The van der Waals surface area contributed by atoms with Gasteiger partial charge in [-0.25, -0.2) is 4.79 Å². The van der Waals surface area contributed by atoms with Gasteiger partial charge in [-0.05, 0) is 51.6 Å². The van der Waals surface area contributed by atoms with Crippen LogP contribution in [0.2, 0.25) is 0 Å². The van der Waals surface area contributed by atoms with Crippen LogP contribution in [0, 0.1) is 6.92 Å². The van der Waals surface area contributed by atoms with Gasteiger partial charge in [-0.2, -0.15) is 0 Å². The van der Waals surface area contributed by atoms with E-state index in [1.807, 2.05) is 27.7 Å². The van der Waals surface area contributed by atoms with E-state index in [4.69, 9.17) is 4.74 Å². The molecule has 108 valence electrons. The van der Waals surface area contributed by atoms with Crippen molar-refractivity contribution in [1.82, 2.24) is 10.6 Å². The van der Waals surface area contributed by atoms with Gasteiger partial charge in [0.25, 0.3) is 0 Å². The molecule has 5 heteroatoms. The lowest BCUT2D eigenvalue weighted by Crippen LogP contribution is -2.40. The maximum absolute atomic E-state index is 11.5. The van der Waals surface area contributed by atoms with Crippen molar-refractivity contribution in [3.05, 3.63) is 21.9 Å². The van der Waals surface area contributed by atoms with Crippen LogP contribution in [0.1, 0.15) is 38.1 Å². The van der Waals surface area contributed by atoms with Crippen LogP contribution in [0.15, 0.2) is 11.4 Å². The van der Waals surface area contributed by atoms with E-state index < -0.39 is 5.60 Å². The van der Waals surface area contributed by atoms with E-state index in [9.17, 15) is 4.79 Å². The quantitative estimate of drug-likeness (QED) is 0.873. The van der Waals surface area contributed by atoms with Crippen molar-refractivity contribution in [3.8, 4) is 0 Å². The molecule has 1 atom stereocenters. The third-order valence-electron chi connectivity index (χ3n) is 2.53. The fourth-order valence-electron chi connectivity index (χ4n) is 1.47. The summed E-state index contributed by atoms with van der Waals surface area (Å²) in [6, 6.07) is 2.32. The number of amides is 1. The molecule has 1 heterocycles. The van der Waals surface area contributed by atoms with E-state index in [0.717, 1.165) is 6.54 Å². The number of hydrogen-bond acceptors (Lipinski definition) is 4. The van der Waals surface area contributed by atoms with Crippen molar-refractivity contribution < 1.29 is 9.53 Å². The summed E-state index contributed by atoms with van der Waals surface area (Å²) < 4.78 is 5.18. The maximum atomic E-state index is 11.5. The second-order valence-electron chi connectivity index (χ2n) is 5.69. The predicted octanol–water partition coefficient (Wildman–Crippen LogP) is 3.06. The first-order valence-corrected chi connectivity index (χ1v) is 7.39. The summed E-state index contributed by atoms with van der Waals surface area (Å²) in [5, 5.41) is 8.24. The van der Waals surface area contributed by atoms with Crippen LogP contribution < -0.4 is 10.6 Å². The van der Waals surface area contributed by atoms with Crippen LogP contribution in [0.5, 0.6) is 0 Å². The molecule has 19 heavy (non-hydrogen) atoms. The number of aryl methyl sites for hydroxylation is 1. The van der Waals surface area contributed by atoms with Gasteiger partial charge in [0.2, 0.25) is 0 Å². The molecule has 0 saturated carbocycles.